The van der Waals surface area contributed by atoms with Crippen molar-refractivity contribution in [3.8, 4) is 0 Å². The lowest BCUT2D eigenvalue weighted by Crippen LogP contribution is -2.06. The van der Waals surface area contributed by atoms with Crippen LogP contribution in [0.5, 0.6) is 0 Å². The number of nitrogens with zero attached hydrogens (tertiary/aromatic N) is 3. The zero-order chi connectivity index (χ0) is 15.2. The van der Waals surface area contributed by atoms with E-state index in [-0.39, 0.29) is 5.95 Å². The summed E-state index contributed by atoms with van der Waals surface area (Å²) < 4.78 is 0. The summed E-state index contributed by atoms with van der Waals surface area (Å²) in [6.45, 7) is 0.620. The lowest BCUT2D eigenvalue weighted by Gasteiger charge is -2.10. The van der Waals surface area contributed by atoms with Gasteiger partial charge in [0.25, 0.3) is 0 Å². The Labute approximate surface area is 128 Å². The van der Waals surface area contributed by atoms with E-state index in [2.05, 4.69) is 25.6 Å². The van der Waals surface area contributed by atoms with Gasteiger partial charge >= 0.3 is 0 Å². The maximum Gasteiger partial charge on any atom is 0.223 e. The first-order chi connectivity index (χ1) is 10.8. The van der Waals surface area contributed by atoms with Crippen LogP contribution < -0.4 is 16.4 Å². The lowest BCUT2D eigenvalue weighted by molar-refractivity contribution is 1.07. The van der Waals surface area contributed by atoms with Crippen molar-refractivity contribution in [1.29, 1.82) is 0 Å². The van der Waals surface area contributed by atoms with Gasteiger partial charge in [0, 0.05) is 30.7 Å². The van der Waals surface area contributed by atoms with Gasteiger partial charge in [-0.05, 0) is 23.8 Å². The summed E-state index contributed by atoms with van der Waals surface area (Å²) >= 11 is 0. The topological polar surface area (TPSA) is 88.8 Å². The second-order valence-corrected chi connectivity index (χ2v) is 4.70. The zero-order valence-corrected chi connectivity index (χ0v) is 11.9. The summed E-state index contributed by atoms with van der Waals surface area (Å²) in [7, 11) is 0. The Bertz CT molecular complexity index is 730. The summed E-state index contributed by atoms with van der Waals surface area (Å²) in [5.74, 6) is 1.52. The van der Waals surface area contributed by atoms with Crippen molar-refractivity contribution in [2.75, 3.05) is 16.4 Å². The number of para-hydroxylation sites is 1. The van der Waals surface area contributed by atoms with Gasteiger partial charge in [-0.25, -0.2) is 0 Å². The third-order valence-corrected chi connectivity index (χ3v) is 2.99. The number of rotatable bonds is 5. The number of aromatic nitrogens is 3. The second-order valence-electron chi connectivity index (χ2n) is 4.70. The van der Waals surface area contributed by atoms with E-state index in [4.69, 9.17) is 5.73 Å². The van der Waals surface area contributed by atoms with Crippen molar-refractivity contribution in [3.63, 3.8) is 0 Å². The van der Waals surface area contributed by atoms with Gasteiger partial charge in [0.05, 0.1) is 0 Å². The number of hydrogen-bond acceptors (Lipinski definition) is 6. The normalized spacial score (nSPS) is 10.2. The molecule has 1 aromatic carbocycles. The minimum absolute atomic E-state index is 0.217. The number of nitrogens with two attached hydrogens (primary N) is 1. The molecule has 2 heterocycles. The van der Waals surface area contributed by atoms with Crippen molar-refractivity contribution in [1.82, 2.24) is 15.0 Å². The molecule has 0 unspecified atom stereocenters. The fraction of sp³-hybridized carbons (Fsp3) is 0.0625. The van der Waals surface area contributed by atoms with Crippen LogP contribution in [0.4, 0.5) is 23.3 Å². The molecule has 0 aliphatic rings. The molecule has 0 aliphatic carbocycles. The number of benzene rings is 1. The fourth-order valence-corrected chi connectivity index (χ4v) is 1.99. The Morgan fingerprint density at radius 2 is 1.77 bits per heavy atom. The van der Waals surface area contributed by atoms with Crippen LogP contribution in [0, 0.1) is 0 Å². The molecular formula is C16H16N6. The Balaban J connectivity index is 1.72. The van der Waals surface area contributed by atoms with Gasteiger partial charge in [0.1, 0.15) is 11.6 Å². The van der Waals surface area contributed by atoms with E-state index in [0.717, 1.165) is 11.3 Å². The van der Waals surface area contributed by atoms with Gasteiger partial charge in [-0.15, -0.1) is 0 Å². The highest BCUT2D eigenvalue weighted by atomic mass is 15.1. The third kappa shape index (κ3) is 3.69. The Kier molecular flexibility index (Phi) is 4.10. The molecule has 4 N–H and O–H groups in total. The highest BCUT2D eigenvalue weighted by Gasteiger charge is 2.03. The minimum atomic E-state index is 0.217. The van der Waals surface area contributed by atoms with Gasteiger partial charge < -0.3 is 16.4 Å². The molecule has 2 aromatic heterocycles. The molecule has 3 aromatic rings. The predicted molar refractivity (Wildman–Crippen MR) is 87.7 cm³/mol. The van der Waals surface area contributed by atoms with Crippen molar-refractivity contribution in [3.05, 3.63) is 66.5 Å². The summed E-state index contributed by atoms with van der Waals surface area (Å²) in [4.78, 5) is 12.5. The van der Waals surface area contributed by atoms with Crippen LogP contribution in [0.1, 0.15) is 5.56 Å². The predicted octanol–water partition coefficient (Wildman–Crippen LogP) is 2.81. The molecule has 6 heteroatoms. The van der Waals surface area contributed by atoms with Crippen molar-refractivity contribution >= 4 is 23.3 Å². The van der Waals surface area contributed by atoms with E-state index in [9.17, 15) is 0 Å². The smallest absolute Gasteiger partial charge is 0.223 e. The largest absolute Gasteiger partial charge is 0.368 e. The van der Waals surface area contributed by atoms with E-state index in [1.54, 1.807) is 12.4 Å². The van der Waals surface area contributed by atoms with Crippen molar-refractivity contribution in [2.45, 2.75) is 6.54 Å². The molecule has 6 nitrogen and oxygen atoms in total. The monoisotopic (exact) mass is 292 g/mol. The summed E-state index contributed by atoms with van der Waals surface area (Å²) in [6, 6.07) is 15.5. The minimum Gasteiger partial charge on any atom is -0.368 e. The first-order valence-corrected chi connectivity index (χ1v) is 6.89. The van der Waals surface area contributed by atoms with E-state index in [0.29, 0.717) is 18.2 Å². The number of nitrogens with one attached hydrogen (secondary N) is 2. The van der Waals surface area contributed by atoms with Gasteiger partial charge in [-0.1, -0.05) is 24.3 Å². The molecule has 0 amide bonds. The van der Waals surface area contributed by atoms with Crippen LogP contribution in [-0.4, -0.2) is 15.0 Å². The van der Waals surface area contributed by atoms with Crippen molar-refractivity contribution < 1.29 is 0 Å². The third-order valence-electron chi connectivity index (χ3n) is 2.99. The molecule has 0 atom stereocenters. The first-order valence-electron chi connectivity index (χ1n) is 6.89. The Morgan fingerprint density at radius 3 is 2.55 bits per heavy atom. The molecule has 0 aliphatic heterocycles. The standard InChI is InChI=1S/C16H16N6/c17-16-21-14(19-11-12-5-4-8-18-10-12)9-15(22-16)20-13-6-2-1-3-7-13/h1-10H,11H2,(H4,17,19,20,21,22). The number of pyridine rings is 1. The summed E-state index contributed by atoms with van der Waals surface area (Å²) in [5.41, 5.74) is 7.78. The molecular weight excluding hydrogens is 276 g/mol. The SMILES string of the molecule is Nc1nc(NCc2cccnc2)cc(Nc2ccccc2)n1. The van der Waals surface area contributed by atoms with E-state index >= 15 is 0 Å². The Hall–Kier alpha value is -3.15. The lowest BCUT2D eigenvalue weighted by atomic mass is 10.3. The van der Waals surface area contributed by atoms with Gasteiger partial charge in [-0.2, -0.15) is 9.97 Å². The first kappa shape index (κ1) is 13.8. The summed E-state index contributed by atoms with van der Waals surface area (Å²) in [6.07, 6.45) is 3.55. The molecule has 3 rings (SSSR count). The maximum absolute atomic E-state index is 5.77. The quantitative estimate of drug-likeness (QED) is 0.670. The molecule has 22 heavy (non-hydrogen) atoms. The molecule has 0 fully saturated rings. The molecule has 110 valence electrons. The van der Waals surface area contributed by atoms with Crippen LogP contribution in [0.2, 0.25) is 0 Å². The highest BCUT2D eigenvalue weighted by molar-refractivity contribution is 5.60. The number of anilines is 4. The number of nitrogen functional groups attached to an aromatic ring is 1. The van der Waals surface area contributed by atoms with Crippen LogP contribution in [0.3, 0.4) is 0 Å². The molecule has 0 saturated carbocycles. The van der Waals surface area contributed by atoms with E-state index in [1.165, 1.54) is 0 Å². The van der Waals surface area contributed by atoms with E-state index in [1.807, 2.05) is 48.5 Å². The van der Waals surface area contributed by atoms with Crippen LogP contribution >= 0.6 is 0 Å². The molecule has 0 saturated heterocycles. The summed E-state index contributed by atoms with van der Waals surface area (Å²) in [5, 5.41) is 6.42. The molecule has 0 spiro atoms. The molecule has 0 radical (unpaired) electrons. The van der Waals surface area contributed by atoms with Gasteiger partial charge in [-0.3, -0.25) is 4.98 Å². The molecule has 0 bridgehead atoms. The second kappa shape index (κ2) is 6.53. The highest BCUT2D eigenvalue weighted by Crippen LogP contribution is 2.18. The van der Waals surface area contributed by atoms with Crippen molar-refractivity contribution in [2.24, 2.45) is 0 Å². The number of hydrogen-bond donors (Lipinski definition) is 3. The van der Waals surface area contributed by atoms with Gasteiger partial charge in [0.2, 0.25) is 5.95 Å². The van der Waals surface area contributed by atoms with Gasteiger partial charge in [0.15, 0.2) is 0 Å². The average Bonchev–Trinajstić information content (AvgIpc) is 2.54. The zero-order valence-electron chi connectivity index (χ0n) is 11.9. The van der Waals surface area contributed by atoms with Crippen LogP contribution in [-0.2, 0) is 6.54 Å². The average molecular weight is 292 g/mol. The fourth-order valence-electron chi connectivity index (χ4n) is 1.99. The Morgan fingerprint density at radius 1 is 0.955 bits per heavy atom. The van der Waals surface area contributed by atoms with E-state index < -0.39 is 0 Å². The van der Waals surface area contributed by atoms with Crippen LogP contribution in [0.15, 0.2) is 60.9 Å². The maximum atomic E-state index is 5.77. The van der Waals surface area contributed by atoms with Crippen LogP contribution in [0.25, 0.3) is 0 Å².